The number of rotatable bonds is 4. The Bertz CT molecular complexity index is 598. The summed E-state index contributed by atoms with van der Waals surface area (Å²) in [5.41, 5.74) is 1.28. The molecule has 1 aromatic carbocycles. The fraction of sp³-hybridized carbons (Fsp3) is 0.529. The van der Waals surface area contributed by atoms with Crippen LogP contribution in [0.25, 0.3) is 10.1 Å². The summed E-state index contributed by atoms with van der Waals surface area (Å²) in [7, 11) is 0. The van der Waals surface area contributed by atoms with E-state index in [1.54, 1.807) is 11.3 Å². The summed E-state index contributed by atoms with van der Waals surface area (Å²) in [5.74, 6) is -2.15. The van der Waals surface area contributed by atoms with Gasteiger partial charge in [0.1, 0.15) is 0 Å². The largest absolute Gasteiger partial charge is 0.310 e. The van der Waals surface area contributed by atoms with Crippen molar-refractivity contribution in [3.8, 4) is 0 Å². The molecule has 0 amide bonds. The Morgan fingerprint density at radius 1 is 1.29 bits per heavy atom. The molecule has 1 unspecified atom stereocenters. The van der Waals surface area contributed by atoms with Crippen molar-refractivity contribution < 1.29 is 8.78 Å². The van der Waals surface area contributed by atoms with Crippen LogP contribution in [0.1, 0.15) is 44.2 Å². The summed E-state index contributed by atoms with van der Waals surface area (Å²) in [6.45, 7) is 2.94. The fourth-order valence-corrected chi connectivity index (χ4v) is 4.36. The second-order valence-electron chi connectivity index (χ2n) is 5.91. The maximum absolute atomic E-state index is 13.4. The molecule has 1 aliphatic carbocycles. The number of hydrogen-bond donors (Lipinski definition) is 1. The van der Waals surface area contributed by atoms with E-state index in [0.29, 0.717) is 18.8 Å². The molecule has 0 aliphatic heterocycles. The lowest BCUT2D eigenvalue weighted by Gasteiger charge is -2.34. The van der Waals surface area contributed by atoms with Gasteiger partial charge in [0, 0.05) is 23.6 Å². The predicted molar refractivity (Wildman–Crippen MR) is 85.1 cm³/mol. The molecule has 1 aromatic heterocycles. The average molecular weight is 309 g/mol. The maximum Gasteiger partial charge on any atom is 0.248 e. The van der Waals surface area contributed by atoms with Gasteiger partial charge in [-0.15, -0.1) is 11.3 Å². The van der Waals surface area contributed by atoms with E-state index in [2.05, 4.69) is 41.9 Å². The van der Waals surface area contributed by atoms with Crippen molar-refractivity contribution in [2.24, 2.45) is 5.92 Å². The molecule has 21 heavy (non-hydrogen) atoms. The van der Waals surface area contributed by atoms with Gasteiger partial charge in [-0.05, 0) is 47.7 Å². The van der Waals surface area contributed by atoms with Crippen molar-refractivity contribution in [1.29, 1.82) is 0 Å². The number of nitrogens with one attached hydrogen (secondary N) is 1. The highest BCUT2D eigenvalue weighted by Gasteiger charge is 2.38. The van der Waals surface area contributed by atoms with E-state index in [1.165, 1.54) is 15.6 Å². The van der Waals surface area contributed by atoms with Crippen molar-refractivity contribution in [3.05, 3.63) is 35.2 Å². The molecule has 3 rings (SSSR count). The highest BCUT2D eigenvalue weighted by molar-refractivity contribution is 7.17. The predicted octanol–water partition coefficient (Wildman–Crippen LogP) is 5.38. The summed E-state index contributed by atoms with van der Waals surface area (Å²) in [6, 6.07) is 8.66. The molecule has 0 spiro atoms. The lowest BCUT2D eigenvalue weighted by atomic mass is 9.79. The third kappa shape index (κ3) is 3.11. The molecule has 0 radical (unpaired) electrons. The van der Waals surface area contributed by atoms with Gasteiger partial charge in [-0.2, -0.15) is 0 Å². The summed E-state index contributed by atoms with van der Waals surface area (Å²) in [6.07, 6.45) is 1.26. The van der Waals surface area contributed by atoms with Crippen molar-refractivity contribution in [2.45, 2.75) is 44.6 Å². The molecule has 1 heterocycles. The van der Waals surface area contributed by atoms with Gasteiger partial charge in [0.15, 0.2) is 0 Å². The van der Waals surface area contributed by atoms with E-state index in [-0.39, 0.29) is 18.9 Å². The first-order valence-corrected chi connectivity index (χ1v) is 8.56. The Hall–Kier alpha value is -1.00. The van der Waals surface area contributed by atoms with Crippen molar-refractivity contribution in [2.75, 3.05) is 6.54 Å². The van der Waals surface area contributed by atoms with Gasteiger partial charge in [-0.25, -0.2) is 8.78 Å². The van der Waals surface area contributed by atoms with Gasteiger partial charge >= 0.3 is 0 Å². The molecule has 1 N–H and O–H groups in total. The first-order chi connectivity index (χ1) is 10.1. The van der Waals surface area contributed by atoms with Crippen LogP contribution in [-0.4, -0.2) is 12.5 Å². The van der Waals surface area contributed by atoms with Crippen molar-refractivity contribution in [1.82, 2.24) is 5.32 Å². The number of alkyl halides is 2. The third-order valence-electron chi connectivity index (χ3n) is 4.50. The van der Waals surface area contributed by atoms with Gasteiger partial charge < -0.3 is 5.32 Å². The number of hydrogen-bond acceptors (Lipinski definition) is 2. The molecule has 1 nitrogen and oxygen atoms in total. The van der Waals surface area contributed by atoms with E-state index >= 15 is 0 Å². The Morgan fingerprint density at radius 3 is 2.76 bits per heavy atom. The Labute approximate surface area is 128 Å². The number of benzene rings is 1. The summed E-state index contributed by atoms with van der Waals surface area (Å²) in [4.78, 5) is 0. The van der Waals surface area contributed by atoms with E-state index < -0.39 is 5.92 Å². The third-order valence-corrected chi connectivity index (χ3v) is 5.48. The van der Waals surface area contributed by atoms with E-state index in [1.807, 2.05) is 0 Å². The molecular formula is C17H21F2NS. The topological polar surface area (TPSA) is 12.0 Å². The summed E-state index contributed by atoms with van der Waals surface area (Å²) < 4.78 is 28.1. The van der Waals surface area contributed by atoms with Crippen LogP contribution in [0.4, 0.5) is 8.78 Å². The van der Waals surface area contributed by atoms with Gasteiger partial charge in [-0.1, -0.05) is 25.1 Å². The molecule has 114 valence electrons. The number of fused-ring (bicyclic) bond motifs is 1. The molecule has 1 saturated carbocycles. The van der Waals surface area contributed by atoms with Gasteiger partial charge in [0.25, 0.3) is 0 Å². The van der Waals surface area contributed by atoms with Crippen LogP contribution < -0.4 is 5.32 Å². The first kappa shape index (κ1) is 14.9. The first-order valence-electron chi connectivity index (χ1n) is 7.68. The van der Waals surface area contributed by atoms with Crippen LogP contribution in [-0.2, 0) is 0 Å². The Balaban J connectivity index is 1.89. The van der Waals surface area contributed by atoms with E-state index in [0.717, 1.165) is 6.54 Å². The highest BCUT2D eigenvalue weighted by Crippen LogP contribution is 2.43. The second kappa shape index (κ2) is 6.01. The zero-order chi connectivity index (χ0) is 14.9. The Morgan fingerprint density at radius 2 is 2.05 bits per heavy atom. The van der Waals surface area contributed by atoms with Crippen molar-refractivity contribution in [3.63, 3.8) is 0 Å². The minimum absolute atomic E-state index is 0.0278. The van der Waals surface area contributed by atoms with Crippen LogP contribution >= 0.6 is 11.3 Å². The highest BCUT2D eigenvalue weighted by atomic mass is 32.1. The van der Waals surface area contributed by atoms with Crippen LogP contribution in [0, 0.1) is 5.92 Å². The van der Waals surface area contributed by atoms with Gasteiger partial charge in [0.2, 0.25) is 5.92 Å². The lowest BCUT2D eigenvalue weighted by Crippen LogP contribution is -2.34. The molecule has 0 bridgehead atoms. The van der Waals surface area contributed by atoms with Gasteiger partial charge in [0.05, 0.1) is 0 Å². The summed E-state index contributed by atoms with van der Waals surface area (Å²) >= 11 is 1.74. The van der Waals surface area contributed by atoms with Crippen molar-refractivity contribution >= 4 is 21.4 Å². The van der Waals surface area contributed by atoms with Crippen LogP contribution in [0.3, 0.4) is 0 Å². The molecule has 4 heteroatoms. The Kier molecular flexibility index (Phi) is 4.27. The van der Waals surface area contributed by atoms with E-state index in [4.69, 9.17) is 0 Å². The van der Waals surface area contributed by atoms with Gasteiger partial charge in [-0.3, -0.25) is 0 Å². The maximum atomic E-state index is 13.4. The molecule has 2 aromatic rings. The van der Waals surface area contributed by atoms with E-state index in [9.17, 15) is 8.78 Å². The quantitative estimate of drug-likeness (QED) is 0.800. The standard InChI is InChI=1S/C17H21F2NS/c1-2-20-15(12-6-9-17(18,19)10-7-12)14-5-3-4-13-8-11-21-16(13)14/h3-5,8,11-12,15,20H,2,6-7,9-10H2,1H3. The number of thiophene rings is 1. The SMILES string of the molecule is CCNC(c1cccc2ccsc12)C1CCC(F)(F)CC1. The van der Waals surface area contributed by atoms with Crippen LogP contribution in [0.5, 0.6) is 0 Å². The van der Waals surface area contributed by atoms with Crippen LogP contribution in [0.2, 0.25) is 0 Å². The average Bonchev–Trinajstić information content (AvgIpc) is 2.94. The molecule has 0 saturated heterocycles. The van der Waals surface area contributed by atoms with Crippen LogP contribution in [0.15, 0.2) is 29.6 Å². The normalized spacial score (nSPS) is 20.7. The molecule has 1 fully saturated rings. The second-order valence-corrected chi connectivity index (χ2v) is 6.83. The summed E-state index contributed by atoms with van der Waals surface area (Å²) in [5, 5.41) is 6.89. The minimum Gasteiger partial charge on any atom is -0.310 e. The number of halogens is 2. The zero-order valence-electron chi connectivity index (χ0n) is 12.2. The lowest BCUT2D eigenvalue weighted by molar-refractivity contribution is -0.0496. The zero-order valence-corrected chi connectivity index (χ0v) is 13.1. The monoisotopic (exact) mass is 309 g/mol. The smallest absolute Gasteiger partial charge is 0.248 e. The molecular weight excluding hydrogens is 288 g/mol. The molecule has 1 aliphatic rings. The fourth-order valence-electron chi connectivity index (χ4n) is 3.41. The minimum atomic E-state index is -2.46. The molecule has 1 atom stereocenters.